The van der Waals surface area contributed by atoms with Crippen LogP contribution in [0.2, 0.25) is 0 Å². The van der Waals surface area contributed by atoms with Crippen LogP contribution in [0.25, 0.3) is 22.1 Å². The van der Waals surface area contributed by atoms with Crippen LogP contribution in [0, 0.1) is 27.7 Å². The summed E-state index contributed by atoms with van der Waals surface area (Å²) in [5.74, 6) is -0.240. The molecule has 14 nitrogen and oxygen atoms in total. The number of amides is 2. The standard InChI is InChI=1S/2C25H33N5O2/c1-5-22(19-8-7-16(3)13-17(19)4)29-25(31)21-14-26-24-20(15-27-30(24)6-2)23(21)28-18-9-11-32-12-10-18;1-5-22(19-9-7-8-16(3)17(19)4)29-25(31)21-14-26-24-20(15-27-30(24)6-2)23(21)28-18-10-12-32-13-11-18/h7-8,13-15,18,22H,5-6,9-12H2,1-4H3,(H,26,28)(H,29,31);7-9,14-15,18,22H,5-6,10-13H2,1-4H3,(H,26,28)(H,29,31). The minimum Gasteiger partial charge on any atom is -0.381 e. The largest absolute Gasteiger partial charge is 0.381 e. The molecule has 2 aromatic carbocycles. The minimum atomic E-state index is -0.120. The average Bonchev–Trinajstić information content (AvgIpc) is 3.94. The normalized spacial score (nSPS) is 15.6. The fourth-order valence-corrected chi connectivity index (χ4v) is 8.90. The molecule has 2 amide bonds. The first-order valence-electron chi connectivity index (χ1n) is 23.2. The van der Waals surface area contributed by atoms with Crippen LogP contribution in [0.1, 0.15) is 132 Å². The molecule has 340 valence electrons. The highest BCUT2D eigenvalue weighted by Crippen LogP contribution is 2.32. The number of benzene rings is 2. The third-order valence-corrected chi connectivity index (χ3v) is 12.8. The number of aryl methyl sites for hydroxylation is 5. The number of carbonyl (C=O) groups excluding carboxylic acids is 2. The van der Waals surface area contributed by atoms with Crippen molar-refractivity contribution in [2.24, 2.45) is 0 Å². The predicted molar refractivity (Wildman–Crippen MR) is 254 cm³/mol. The first-order chi connectivity index (χ1) is 31.0. The van der Waals surface area contributed by atoms with E-state index in [1.807, 2.05) is 35.6 Å². The van der Waals surface area contributed by atoms with Crippen molar-refractivity contribution in [3.05, 3.63) is 106 Å². The van der Waals surface area contributed by atoms with E-state index in [9.17, 15) is 9.59 Å². The molecule has 2 fully saturated rings. The van der Waals surface area contributed by atoms with Crippen molar-refractivity contribution >= 4 is 45.3 Å². The predicted octanol–water partition coefficient (Wildman–Crippen LogP) is 9.08. The maximum Gasteiger partial charge on any atom is 0.255 e. The van der Waals surface area contributed by atoms with Gasteiger partial charge >= 0.3 is 0 Å². The van der Waals surface area contributed by atoms with Gasteiger partial charge in [-0.2, -0.15) is 10.2 Å². The number of fused-ring (bicyclic) bond motifs is 2. The first-order valence-corrected chi connectivity index (χ1v) is 23.2. The van der Waals surface area contributed by atoms with Crippen LogP contribution in [-0.4, -0.2) is 79.9 Å². The Morgan fingerprint density at radius 3 is 1.58 bits per heavy atom. The third-order valence-electron chi connectivity index (χ3n) is 12.8. The number of pyridine rings is 2. The zero-order chi connectivity index (χ0) is 45.3. The average molecular weight is 871 g/mol. The summed E-state index contributed by atoms with van der Waals surface area (Å²) in [6, 6.07) is 13.0. The number of nitrogens with one attached hydrogen (secondary N) is 4. The molecule has 2 aliphatic rings. The van der Waals surface area contributed by atoms with Crippen LogP contribution >= 0.6 is 0 Å². The van der Waals surface area contributed by atoms with Crippen molar-refractivity contribution in [2.75, 3.05) is 37.1 Å². The molecule has 64 heavy (non-hydrogen) atoms. The monoisotopic (exact) mass is 871 g/mol. The molecule has 2 atom stereocenters. The quantitative estimate of drug-likeness (QED) is 0.0831. The van der Waals surface area contributed by atoms with Crippen molar-refractivity contribution in [1.29, 1.82) is 0 Å². The van der Waals surface area contributed by atoms with Crippen molar-refractivity contribution in [3.63, 3.8) is 0 Å². The fraction of sp³-hybridized carbons (Fsp3) is 0.480. The van der Waals surface area contributed by atoms with E-state index < -0.39 is 0 Å². The van der Waals surface area contributed by atoms with E-state index in [0.717, 1.165) is 123 Å². The van der Waals surface area contributed by atoms with E-state index in [4.69, 9.17) is 9.47 Å². The zero-order valence-electron chi connectivity index (χ0n) is 38.9. The number of nitrogens with zero attached hydrogens (tertiary/aromatic N) is 6. The lowest BCUT2D eigenvalue weighted by Gasteiger charge is -2.26. The third kappa shape index (κ3) is 10.2. The summed E-state index contributed by atoms with van der Waals surface area (Å²) in [6.07, 6.45) is 12.2. The molecule has 0 radical (unpaired) electrons. The summed E-state index contributed by atoms with van der Waals surface area (Å²) in [7, 11) is 0. The maximum atomic E-state index is 13.5. The lowest BCUT2D eigenvalue weighted by atomic mass is 9.95. The van der Waals surface area contributed by atoms with E-state index in [-0.39, 0.29) is 36.0 Å². The summed E-state index contributed by atoms with van der Waals surface area (Å²) in [6.45, 7) is 21.0. The Balaban J connectivity index is 0.000000191. The maximum absolute atomic E-state index is 13.5. The van der Waals surface area contributed by atoms with E-state index in [2.05, 4.69) is 119 Å². The highest BCUT2D eigenvalue weighted by Gasteiger charge is 2.26. The Kier molecular flexibility index (Phi) is 15.3. The van der Waals surface area contributed by atoms with Crippen molar-refractivity contribution in [3.8, 4) is 0 Å². The zero-order valence-corrected chi connectivity index (χ0v) is 38.9. The second-order valence-electron chi connectivity index (χ2n) is 17.1. The molecule has 2 saturated heterocycles. The molecule has 0 saturated carbocycles. The number of hydrogen-bond donors (Lipinski definition) is 4. The van der Waals surface area contributed by atoms with E-state index in [1.54, 1.807) is 12.4 Å². The van der Waals surface area contributed by atoms with E-state index in [0.29, 0.717) is 11.1 Å². The fourth-order valence-electron chi connectivity index (χ4n) is 8.90. The highest BCUT2D eigenvalue weighted by molar-refractivity contribution is 6.07. The molecule has 2 unspecified atom stereocenters. The van der Waals surface area contributed by atoms with Gasteiger partial charge in [-0.1, -0.05) is 55.8 Å². The van der Waals surface area contributed by atoms with Gasteiger partial charge in [-0.15, -0.1) is 0 Å². The second-order valence-corrected chi connectivity index (χ2v) is 17.1. The summed E-state index contributed by atoms with van der Waals surface area (Å²) in [4.78, 5) is 36.2. The van der Waals surface area contributed by atoms with Crippen LogP contribution in [0.3, 0.4) is 0 Å². The Hall–Kier alpha value is -5.86. The lowest BCUT2D eigenvalue weighted by Crippen LogP contribution is -2.32. The minimum absolute atomic E-state index is 0.0620. The number of aromatic nitrogens is 6. The molecule has 6 heterocycles. The van der Waals surface area contributed by atoms with Crippen molar-refractivity contribution in [2.45, 2.75) is 131 Å². The van der Waals surface area contributed by atoms with Gasteiger partial charge in [0, 0.05) is 64.0 Å². The van der Waals surface area contributed by atoms with Gasteiger partial charge in [-0.05, 0) is 108 Å². The van der Waals surface area contributed by atoms with Crippen LogP contribution in [0.15, 0.2) is 61.2 Å². The van der Waals surface area contributed by atoms with Gasteiger partial charge in [0.05, 0.1) is 57.8 Å². The first kappa shape index (κ1) is 46.1. The molecule has 0 spiro atoms. The Bertz CT molecular complexity index is 2550. The summed E-state index contributed by atoms with van der Waals surface area (Å²) in [5, 5.41) is 24.5. The molecule has 4 aromatic heterocycles. The Labute approximate surface area is 377 Å². The smallest absolute Gasteiger partial charge is 0.255 e. The molecule has 0 bridgehead atoms. The number of carbonyl (C=O) groups is 2. The number of anilines is 2. The summed E-state index contributed by atoms with van der Waals surface area (Å²) < 4.78 is 14.7. The molecule has 14 heteroatoms. The summed E-state index contributed by atoms with van der Waals surface area (Å²) >= 11 is 0. The van der Waals surface area contributed by atoms with Crippen LogP contribution < -0.4 is 21.3 Å². The van der Waals surface area contributed by atoms with Crippen LogP contribution in [-0.2, 0) is 22.6 Å². The molecular weight excluding hydrogens is 805 g/mol. The van der Waals surface area contributed by atoms with Crippen molar-refractivity contribution < 1.29 is 19.1 Å². The van der Waals surface area contributed by atoms with Gasteiger partial charge in [-0.25, -0.2) is 19.3 Å². The van der Waals surface area contributed by atoms with Crippen LogP contribution in [0.5, 0.6) is 0 Å². The van der Waals surface area contributed by atoms with Crippen molar-refractivity contribution in [1.82, 2.24) is 40.2 Å². The van der Waals surface area contributed by atoms with Gasteiger partial charge in [-0.3, -0.25) is 9.59 Å². The number of ether oxygens (including phenoxy) is 2. The lowest BCUT2D eigenvalue weighted by molar-refractivity contribution is 0.0900. The van der Waals surface area contributed by atoms with Gasteiger partial charge < -0.3 is 30.7 Å². The van der Waals surface area contributed by atoms with Gasteiger partial charge in [0.15, 0.2) is 11.3 Å². The summed E-state index contributed by atoms with van der Waals surface area (Å²) in [5.41, 5.74) is 11.5. The molecule has 2 aliphatic heterocycles. The van der Waals surface area contributed by atoms with E-state index in [1.165, 1.54) is 22.3 Å². The molecule has 8 rings (SSSR count). The molecular formula is C50H66N10O4. The topological polar surface area (TPSA) is 162 Å². The van der Waals surface area contributed by atoms with Gasteiger partial charge in [0.1, 0.15) is 0 Å². The Morgan fingerprint density at radius 2 is 1.12 bits per heavy atom. The van der Waals surface area contributed by atoms with Gasteiger partial charge in [0.2, 0.25) is 0 Å². The molecule has 4 N–H and O–H groups in total. The number of rotatable bonds is 14. The Morgan fingerprint density at radius 1 is 0.641 bits per heavy atom. The van der Waals surface area contributed by atoms with Gasteiger partial charge in [0.25, 0.3) is 11.8 Å². The van der Waals surface area contributed by atoms with E-state index >= 15 is 0 Å². The highest BCUT2D eigenvalue weighted by atomic mass is 16.5. The molecule has 6 aromatic rings. The number of hydrogen-bond acceptors (Lipinski definition) is 10. The second kappa shape index (κ2) is 21.2. The SMILES string of the molecule is CCC(NC(=O)c1cnc2c(cnn2CC)c1NC1CCOCC1)c1ccc(C)cc1C.CCC(NC(=O)c1cnc2c(cnn2CC)c1NC1CCOCC1)c1cccc(C)c1C. The molecule has 0 aliphatic carbocycles. The van der Waals surface area contributed by atoms with Crippen LogP contribution in [0.4, 0.5) is 11.4 Å².